The zero-order chi connectivity index (χ0) is 15.3. The van der Waals surface area contributed by atoms with E-state index in [2.05, 4.69) is 15.4 Å². The van der Waals surface area contributed by atoms with E-state index in [9.17, 15) is 18.0 Å². The average Bonchev–Trinajstić information content (AvgIpc) is 2.91. The van der Waals surface area contributed by atoms with Crippen molar-refractivity contribution in [1.29, 1.82) is 0 Å². The second-order valence-electron chi connectivity index (χ2n) is 4.09. The molecule has 9 heteroatoms. The molecule has 0 aliphatic carbocycles. The van der Waals surface area contributed by atoms with Crippen LogP contribution in [0.3, 0.4) is 0 Å². The molecule has 0 saturated heterocycles. The zero-order valence-electron chi connectivity index (χ0n) is 10.8. The highest BCUT2D eigenvalue weighted by Crippen LogP contribution is 2.16. The number of nitrogens with zero attached hydrogens (tertiary/aromatic N) is 3. The van der Waals surface area contributed by atoms with E-state index in [0.29, 0.717) is 11.5 Å². The number of rotatable bonds is 5. The van der Waals surface area contributed by atoms with Crippen LogP contribution in [-0.2, 0) is 4.79 Å². The van der Waals surface area contributed by atoms with Crippen LogP contribution in [0, 0.1) is 0 Å². The van der Waals surface area contributed by atoms with E-state index in [4.69, 9.17) is 0 Å². The summed E-state index contributed by atoms with van der Waals surface area (Å²) in [5, 5.41) is 8.50. The fourth-order valence-corrected chi connectivity index (χ4v) is 1.58. The van der Waals surface area contributed by atoms with E-state index in [1.807, 2.05) is 5.32 Å². The van der Waals surface area contributed by atoms with E-state index in [0.717, 1.165) is 0 Å². The molecule has 0 fully saturated rings. The number of anilines is 1. The molecular formula is C12H12F3N5O. The number of aromatic nitrogens is 3. The molecular weight excluding hydrogens is 287 g/mol. The summed E-state index contributed by atoms with van der Waals surface area (Å²) >= 11 is 0. The minimum Gasteiger partial charge on any atom is -0.322 e. The van der Waals surface area contributed by atoms with E-state index in [1.54, 1.807) is 30.6 Å². The molecule has 112 valence electrons. The summed E-state index contributed by atoms with van der Waals surface area (Å²) in [5.74, 6) is -0.215. The minimum absolute atomic E-state index is 0.361. The number of amides is 1. The van der Waals surface area contributed by atoms with Gasteiger partial charge in [-0.25, -0.2) is 9.67 Å². The molecule has 0 unspecified atom stereocenters. The Morgan fingerprint density at radius 1 is 1.29 bits per heavy atom. The molecule has 21 heavy (non-hydrogen) atoms. The maximum atomic E-state index is 12.0. The number of hydrogen-bond acceptors (Lipinski definition) is 4. The van der Waals surface area contributed by atoms with Crippen LogP contribution in [0.15, 0.2) is 36.8 Å². The first kappa shape index (κ1) is 15.0. The Morgan fingerprint density at radius 3 is 2.76 bits per heavy atom. The number of pyridine rings is 1. The lowest BCUT2D eigenvalue weighted by atomic mass is 10.3. The van der Waals surface area contributed by atoms with Crippen molar-refractivity contribution in [2.75, 3.05) is 18.4 Å². The van der Waals surface area contributed by atoms with Crippen molar-refractivity contribution in [3.8, 4) is 5.82 Å². The Morgan fingerprint density at radius 2 is 2.10 bits per heavy atom. The largest absolute Gasteiger partial charge is 0.401 e. The van der Waals surface area contributed by atoms with Crippen LogP contribution in [0.5, 0.6) is 0 Å². The van der Waals surface area contributed by atoms with Crippen molar-refractivity contribution in [2.45, 2.75) is 6.18 Å². The Kier molecular flexibility index (Phi) is 4.53. The topological polar surface area (TPSA) is 71.8 Å². The van der Waals surface area contributed by atoms with Crippen LogP contribution < -0.4 is 10.6 Å². The van der Waals surface area contributed by atoms with Gasteiger partial charge in [0.15, 0.2) is 5.82 Å². The van der Waals surface area contributed by atoms with Crippen molar-refractivity contribution in [1.82, 2.24) is 20.1 Å². The highest BCUT2D eigenvalue weighted by molar-refractivity contribution is 5.93. The molecule has 2 aromatic rings. The Bertz CT molecular complexity index is 597. The molecule has 0 atom stereocenters. The van der Waals surface area contributed by atoms with E-state index in [1.165, 1.54) is 10.9 Å². The normalized spacial score (nSPS) is 11.4. The van der Waals surface area contributed by atoms with Gasteiger partial charge in [0.05, 0.1) is 18.8 Å². The Hall–Kier alpha value is -2.42. The lowest BCUT2D eigenvalue weighted by Crippen LogP contribution is -2.35. The summed E-state index contributed by atoms with van der Waals surface area (Å²) in [7, 11) is 0. The molecule has 2 heterocycles. The number of nitrogens with one attached hydrogen (secondary N) is 2. The van der Waals surface area contributed by atoms with Gasteiger partial charge in [0.2, 0.25) is 5.91 Å². The van der Waals surface area contributed by atoms with Gasteiger partial charge in [-0.2, -0.15) is 18.3 Å². The number of hydrogen-bond donors (Lipinski definition) is 2. The molecule has 0 saturated carbocycles. The quantitative estimate of drug-likeness (QED) is 0.874. The zero-order valence-corrected chi connectivity index (χ0v) is 10.8. The summed E-state index contributed by atoms with van der Waals surface area (Å²) in [5.41, 5.74) is 0.361. The maximum Gasteiger partial charge on any atom is 0.401 e. The predicted molar refractivity (Wildman–Crippen MR) is 68.9 cm³/mol. The fourth-order valence-electron chi connectivity index (χ4n) is 1.58. The van der Waals surface area contributed by atoms with Crippen molar-refractivity contribution in [3.05, 3.63) is 36.8 Å². The molecule has 0 aliphatic heterocycles. The van der Waals surface area contributed by atoms with E-state index < -0.39 is 25.2 Å². The molecule has 0 spiro atoms. The maximum absolute atomic E-state index is 12.0. The average molecular weight is 299 g/mol. The molecule has 2 aromatic heterocycles. The minimum atomic E-state index is -4.35. The van der Waals surface area contributed by atoms with Gasteiger partial charge in [-0.05, 0) is 18.2 Å². The number of carbonyl (C=O) groups is 1. The number of halogens is 3. The summed E-state index contributed by atoms with van der Waals surface area (Å²) in [4.78, 5) is 15.7. The van der Waals surface area contributed by atoms with Crippen molar-refractivity contribution in [3.63, 3.8) is 0 Å². The Labute approximate surface area is 118 Å². The first-order chi connectivity index (χ1) is 9.96. The van der Waals surface area contributed by atoms with Crippen molar-refractivity contribution in [2.24, 2.45) is 0 Å². The van der Waals surface area contributed by atoms with Gasteiger partial charge in [-0.3, -0.25) is 4.79 Å². The molecule has 1 amide bonds. The van der Waals surface area contributed by atoms with Crippen molar-refractivity contribution < 1.29 is 18.0 Å². The van der Waals surface area contributed by atoms with Gasteiger partial charge in [0.1, 0.15) is 0 Å². The van der Waals surface area contributed by atoms with E-state index >= 15 is 0 Å². The fraction of sp³-hybridized carbons (Fsp3) is 0.250. The summed E-state index contributed by atoms with van der Waals surface area (Å²) in [6.07, 6.45) is 0.356. The third-order valence-corrected chi connectivity index (χ3v) is 2.39. The van der Waals surface area contributed by atoms with Gasteiger partial charge >= 0.3 is 6.18 Å². The second kappa shape index (κ2) is 6.35. The number of alkyl halides is 3. The third-order valence-electron chi connectivity index (χ3n) is 2.39. The van der Waals surface area contributed by atoms with Gasteiger partial charge in [0.25, 0.3) is 0 Å². The lowest BCUT2D eigenvalue weighted by Gasteiger charge is -2.11. The van der Waals surface area contributed by atoms with Crippen LogP contribution in [0.4, 0.5) is 18.9 Å². The highest BCUT2D eigenvalue weighted by atomic mass is 19.4. The molecule has 0 aliphatic rings. The third kappa shape index (κ3) is 4.56. The van der Waals surface area contributed by atoms with Crippen LogP contribution >= 0.6 is 0 Å². The SMILES string of the molecule is O=C(CNCC(F)(F)F)Nc1cccnc1-n1cccn1. The highest BCUT2D eigenvalue weighted by Gasteiger charge is 2.26. The van der Waals surface area contributed by atoms with Gasteiger partial charge < -0.3 is 10.6 Å². The van der Waals surface area contributed by atoms with Gasteiger partial charge in [0, 0.05) is 18.6 Å². The van der Waals surface area contributed by atoms with Crippen LogP contribution in [0.25, 0.3) is 5.82 Å². The van der Waals surface area contributed by atoms with E-state index in [-0.39, 0.29) is 0 Å². The lowest BCUT2D eigenvalue weighted by molar-refractivity contribution is -0.126. The second-order valence-corrected chi connectivity index (χ2v) is 4.09. The summed E-state index contributed by atoms with van der Waals surface area (Å²) < 4.78 is 37.3. The monoisotopic (exact) mass is 299 g/mol. The van der Waals surface area contributed by atoms with Gasteiger partial charge in [-0.15, -0.1) is 0 Å². The molecule has 0 aromatic carbocycles. The first-order valence-corrected chi connectivity index (χ1v) is 5.98. The number of carbonyl (C=O) groups excluding carboxylic acids is 1. The van der Waals surface area contributed by atoms with Crippen LogP contribution in [-0.4, -0.2) is 39.9 Å². The smallest absolute Gasteiger partial charge is 0.322 e. The predicted octanol–water partition coefficient (Wildman–Crippen LogP) is 1.36. The first-order valence-electron chi connectivity index (χ1n) is 5.98. The molecule has 0 bridgehead atoms. The Balaban J connectivity index is 1.99. The molecule has 2 N–H and O–H groups in total. The standard InChI is InChI=1S/C12H12F3N5O/c13-12(14,15)8-16-7-10(21)19-9-3-1-4-17-11(9)20-6-2-5-18-20/h1-6,16H,7-8H2,(H,19,21). The molecule has 0 radical (unpaired) electrons. The van der Waals surface area contributed by atoms with Crippen LogP contribution in [0.2, 0.25) is 0 Å². The summed E-state index contributed by atoms with van der Waals surface area (Å²) in [6, 6.07) is 4.88. The molecule has 6 nitrogen and oxygen atoms in total. The van der Waals surface area contributed by atoms with Crippen molar-refractivity contribution >= 4 is 11.6 Å². The summed E-state index contributed by atoms with van der Waals surface area (Å²) in [6.45, 7) is -1.67. The van der Waals surface area contributed by atoms with Crippen LogP contribution in [0.1, 0.15) is 0 Å². The van der Waals surface area contributed by atoms with Gasteiger partial charge in [-0.1, -0.05) is 0 Å². The molecule has 2 rings (SSSR count).